The van der Waals surface area contributed by atoms with Crippen molar-refractivity contribution in [3.8, 4) is 5.69 Å². The highest BCUT2D eigenvalue weighted by atomic mass is 16.2. The Morgan fingerprint density at radius 3 is 2.27 bits per heavy atom. The molecule has 0 unspecified atom stereocenters. The summed E-state index contributed by atoms with van der Waals surface area (Å²) in [4.78, 5) is 26.9. The maximum atomic E-state index is 12.7. The van der Waals surface area contributed by atoms with Gasteiger partial charge in [-0.1, -0.05) is 30.4 Å². The van der Waals surface area contributed by atoms with Crippen LogP contribution in [0.5, 0.6) is 0 Å². The number of aromatic nitrogens is 2. The number of azo groups is 1. The Morgan fingerprint density at radius 1 is 1.03 bits per heavy atom. The van der Waals surface area contributed by atoms with E-state index in [9.17, 15) is 9.59 Å². The van der Waals surface area contributed by atoms with Crippen molar-refractivity contribution in [3.63, 3.8) is 0 Å². The molecule has 0 fully saturated rings. The maximum absolute atomic E-state index is 12.7. The number of amides is 1. The van der Waals surface area contributed by atoms with Crippen LogP contribution in [0.15, 0.2) is 94.9 Å². The lowest BCUT2D eigenvalue weighted by Crippen LogP contribution is -2.31. The number of aryl methyl sites for hydroxylation is 1. The van der Waals surface area contributed by atoms with Crippen LogP contribution in [0, 0.1) is 6.92 Å². The van der Waals surface area contributed by atoms with E-state index in [0.717, 1.165) is 5.69 Å². The van der Waals surface area contributed by atoms with Gasteiger partial charge in [-0.15, -0.1) is 18.3 Å². The molecule has 3 aromatic rings. The molecule has 0 radical (unpaired) electrons. The van der Waals surface area contributed by atoms with Crippen LogP contribution < -0.4 is 5.56 Å². The van der Waals surface area contributed by atoms with Crippen molar-refractivity contribution < 1.29 is 4.79 Å². The zero-order valence-corrected chi connectivity index (χ0v) is 16.8. The van der Waals surface area contributed by atoms with E-state index < -0.39 is 0 Å². The second kappa shape index (κ2) is 9.47. The zero-order chi connectivity index (χ0) is 21.5. The van der Waals surface area contributed by atoms with Gasteiger partial charge in [0, 0.05) is 18.7 Å². The molecule has 1 heterocycles. The number of H-pyrrole nitrogens is 1. The quantitative estimate of drug-likeness (QED) is 0.438. The molecule has 152 valence electrons. The Morgan fingerprint density at radius 2 is 1.67 bits per heavy atom. The van der Waals surface area contributed by atoms with Crippen LogP contribution in [-0.4, -0.2) is 33.7 Å². The van der Waals surface area contributed by atoms with Gasteiger partial charge in [0.05, 0.1) is 17.1 Å². The molecule has 7 nitrogen and oxygen atoms in total. The highest BCUT2D eigenvalue weighted by molar-refractivity contribution is 5.94. The number of nitrogens with zero attached hydrogens (tertiary/aromatic N) is 4. The summed E-state index contributed by atoms with van der Waals surface area (Å²) in [7, 11) is 0. The number of hydrogen-bond donors (Lipinski definition) is 1. The molecule has 1 amide bonds. The highest BCUT2D eigenvalue weighted by Crippen LogP contribution is 2.20. The van der Waals surface area contributed by atoms with Gasteiger partial charge in [0.15, 0.2) is 5.69 Å². The standard InChI is InChI=1S/C23H23N5O2/c1-4-15-27(16-5-2)22(29)18-11-13-19(14-12-18)24-25-21-17(3)26-28(23(21)30)20-9-7-6-8-10-20/h4-14,26H,1-2,15-16H2,3H3. The molecule has 1 N–H and O–H groups in total. The minimum atomic E-state index is -0.279. The summed E-state index contributed by atoms with van der Waals surface area (Å²) in [6, 6.07) is 16.0. The van der Waals surface area contributed by atoms with Gasteiger partial charge in [-0.3, -0.25) is 14.7 Å². The second-order valence-corrected chi connectivity index (χ2v) is 6.60. The summed E-state index contributed by atoms with van der Waals surface area (Å²) < 4.78 is 1.43. The maximum Gasteiger partial charge on any atom is 0.299 e. The fourth-order valence-corrected chi connectivity index (χ4v) is 2.93. The van der Waals surface area contributed by atoms with Crippen LogP contribution in [0.2, 0.25) is 0 Å². The predicted molar refractivity (Wildman–Crippen MR) is 118 cm³/mol. The molecular formula is C23H23N5O2. The third-order valence-corrected chi connectivity index (χ3v) is 4.42. The minimum absolute atomic E-state index is 0.120. The molecule has 1 aromatic heterocycles. The fraction of sp³-hybridized carbons (Fsp3) is 0.130. The highest BCUT2D eigenvalue weighted by Gasteiger charge is 2.14. The van der Waals surface area contributed by atoms with E-state index in [4.69, 9.17) is 0 Å². The zero-order valence-electron chi connectivity index (χ0n) is 16.8. The lowest BCUT2D eigenvalue weighted by molar-refractivity contribution is 0.0791. The van der Waals surface area contributed by atoms with Crippen LogP contribution in [-0.2, 0) is 0 Å². The van der Waals surface area contributed by atoms with Crippen LogP contribution >= 0.6 is 0 Å². The lowest BCUT2D eigenvalue weighted by atomic mass is 10.2. The number of para-hydroxylation sites is 1. The summed E-state index contributed by atoms with van der Waals surface area (Å²) in [6.07, 6.45) is 3.34. The molecule has 0 aliphatic carbocycles. The van der Waals surface area contributed by atoms with Crippen LogP contribution in [0.4, 0.5) is 11.4 Å². The minimum Gasteiger partial charge on any atom is -0.331 e. The van der Waals surface area contributed by atoms with E-state index >= 15 is 0 Å². The number of aromatic amines is 1. The molecule has 0 saturated heterocycles. The van der Waals surface area contributed by atoms with E-state index in [2.05, 4.69) is 28.5 Å². The Kier molecular flexibility index (Phi) is 6.54. The van der Waals surface area contributed by atoms with Gasteiger partial charge >= 0.3 is 0 Å². The molecule has 0 atom stereocenters. The number of benzene rings is 2. The van der Waals surface area contributed by atoms with Gasteiger partial charge in [0.25, 0.3) is 11.5 Å². The number of hydrogen-bond acceptors (Lipinski definition) is 4. The number of nitrogens with one attached hydrogen (secondary N) is 1. The van der Waals surface area contributed by atoms with E-state index in [1.807, 2.05) is 30.3 Å². The van der Waals surface area contributed by atoms with Gasteiger partial charge in [0.2, 0.25) is 0 Å². The molecule has 30 heavy (non-hydrogen) atoms. The monoisotopic (exact) mass is 401 g/mol. The molecule has 0 saturated carbocycles. The Labute approximate surface area is 174 Å². The van der Waals surface area contributed by atoms with E-state index in [1.165, 1.54) is 4.68 Å². The first-order valence-electron chi connectivity index (χ1n) is 9.45. The van der Waals surface area contributed by atoms with Gasteiger partial charge in [0.1, 0.15) is 0 Å². The molecule has 0 aliphatic heterocycles. The first-order chi connectivity index (χ1) is 14.5. The smallest absolute Gasteiger partial charge is 0.299 e. The van der Waals surface area contributed by atoms with E-state index in [1.54, 1.807) is 48.2 Å². The van der Waals surface area contributed by atoms with Gasteiger partial charge in [-0.2, -0.15) is 5.11 Å². The molecule has 0 bridgehead atoms. The molecule has 7 heteroatoms. The third-order valence-electron chi connectivity index (χ3n) is 4.42. The topological polar surface area (TPSA) is 82.8 Å². The SMILES string of the molecule is C=CCN(CC=C)C(=O)c1ccc(N=Nc2c(C)[nH]n(-c3ccccc3)c2=O)cc1. The largest absolute Gasteiger partial charge is 0.331 e. The molecule has 0 aliphatic rings. The average molecular weight is 401 g/mol. The normalized spacial score (nSPS) is 10.8. The summed E-state index contributed by atoms with van der Waals surface area (Å²) in [5.74, 6) is -0.120. The average Bonchev–Trinajstić information content (AvgIpc) is 3.06. The van der Waals surface area contributed by atoms with E-state index in [-0.39, 0.29) is 17.2 Å². The third kappa shape index (κ3) is 4.52. The molecule has 2 aromatic carbocycles. The van der Waals surface area contributed by atoms with Crippen LogP contribution in [0.1, 0.15) is 16.1 Å². The van der Waals surface area contributed by atoms with Crippen molar-refractivity contribution in [1.82, 2.24) is 14.7 Å². The summed E-state index contributed by atoms with van der Waals surface area (Å²) in [6.45, 7) is 9.99. The number of carbonyl (C=O) groups is 1. The van der Waals surface area contributed by atoms with Gasteiger partial charge in [-0.25, -0.2) is 4.68 Å². The molecular weight excluding hydrogens is 378 g/mol. The lowest BCUT2D eigenvalue weighted by Gasteiger charge is -2.19. The Bertz CT molecular complexity index is 1110. The van der Waals surface area contributed by atoms with Crippen molar-refractivity contribution in [1.29, 1.82) is 0 Å². The molecule has 3 rings (SSSR count). The predicted octanol–water partition coefficient (Wildman–Crippen LogP) is 4.70. The van der Waals surface area contributed by atoms with E-state index in [0.29, 0.717) is 30.0 Å². The van der Waals surface area contributed by atoms with Crippen LogP contribution in [0.3, 0.4) is 0 Å². The van der Waals surface area contributed by atoms with Crippen molar-refractivity contribution >= 4 is 17.3 Å². The van der Waals surface area contributed by atoms with Gasteiger partial charge in [-0.05, 0) is 43.3 Å². The first-order valence-corrected chi connectivity index (χ1v) is 9.45. The van der Waals surface area contributed by atoms with Crippen LogP contribution in [0.25, 0.3) is 5.69 Å². The number of carbonyl (C=O) groups excluding carboxylic acids is 1. The summed E-state index contributed by atoms with van der Waals surface area (Å²) in [5, 5.41) is 11.3. The first kappa shape index (κ1) is 20.7. The second-order valence-electron chi connectivity index (χ2n) is 6.60. The summed E-state index contributed by atoms with van der Waals surface area (Å²) >= 11 is 0. The Balaban J connectivity index is 1.80. The molecule has 0 spiro atoms. The summed E-state index contributed by atoms with van der Waals surface area (Å²) in [5.41, 5.74) is 2.36. The van der Waals surface area contributed by atoms with Gasteiger partial charge < -0.3 is 4.90 Å². The number of rotatable bonds is 8. The Hall–Kier alpha value is -4.00. The van der Waals surface area contributed by atoms with Crippen molar-refractivity contribution in [2.75, 3.05) is 13.1 Å². The fourth-order valence-electron chi connectivity index (χ4n) is 2.93. The van der Waals surface area contributed by atoms with Crippen molar-refractivity contribution in [2.45, 2.75) is 6.92 Å². The van der Waals surface area contributed by atoms with Crippen molar-refractivity contribution in [2.24, 2.45) is 10.2 Å². The van der Waals surface area contributed by atoms with Crippen molar-refractivity contribution in [3.05, 3.63) is 102 Å².